The molecule has 12 heteroatoms. The molecule has 3 aromatic carbocycles. The number of hydrogen-bond acceptors (Lipinski definition) is 3. The Morgan fingerprint density at radius 2 is 1.81 bits per heavy atom. The number of carbonyl (C=O) groups is 2. The maximum absolute atomic E-state index is 13.9. The van der Waals surface area contributed by atoms with Gasteiger partial charge in [-0.15, -0.1) is 0 Å². The van der Waals surface area contributed by atoms with Crippen molar-refractivity contribution in [1.29, 1.82) is 0 Å². The number of anilines is 2. The SMILES string of the molecule is O=C1N[C@@H](c2cc(F)ccc2Cl)c2c(NC(=O)N3C[C@@](O)(C(F)(F)F)c4cc(F)ccc43)cccc21. The molecule has 0 spiro atoms. The molecule has 2 heterocycles. The lowest BCUT2D eigenvalue weighted by molar-refractivity contribution is -0.258. The second-order valence-electron chi connectivity index (χ2n) is 8.37. The Labute approximate surface area is 205 Å². The lowest BCUT2D eigenvalue weighted by Crippen LogP contribution is -2.48. The first-order valence-corrected chi connectivity index (χ1v) is 10.8. The van der Waals surface area contributed by atoms with Crippen LogP contribution in [0.15, 0.2) is 54.6 Å². The number of rotatable bonds is 2. The van der Waals surface area contributed by atoms with Gasteiger partial charge in [0.25, 0.3) is 5.91 Å². The maximum Gasteiger partial charge on any atom is 0.423 e. The number of carbonyl (C=O) groups excluding carboxylic acids is 2. The number of amides is 3. The summed E-state index contributed by atoms with van der Waals surface area (Å²) >= 11 is 6.22. The number of alkyl halides is 3. The van der Waals surface area contributed by atoms with Gasteiger partial charge in [0.2, 0.25) is 5.60 Å². The normalized spacial score (nSPS) is 20.7. The van der Waals surface area contributed by atoms with E-state index in [1.54, 1.807) is 0 Å². The number of hydrogen-bond donors (Lipinski definition) is 3. The van der Waals surface area contributed by atoms with Crippen LogP contribution < -0.4 is 15.5 Å². The average molecular weight is 524 g/mol. The fourth-order valence-electron chi connectivity index (χ4n) is 4.51. The van der Waals surface area contributed by atoms with Crippen molar-refractivity contribution in [2.75, 3.05) is 16.8 Å². The Bertz CT molecular complexity index is 1430. The summed E-state index contributed by atoms with van der Waals surface area (Å²) in [5, 5.41) is 15.7. The van der Waals surface area contributed by atoms with Crippen LogP contribution in [0.2, 0.25) is 5.02 Å². The van der Waals surface area contributed by atoms with Gasteiger partial charge in [0, 0.05) is 33.0 Å². The van der Waals surface area contributed by atoms with E-state index in [2.05, 4.69) is 10.6 Å². The van der Waals surface area contributed by atoms with E-state index in [4.69, 9.17) is 11.6 Å². The van der Waals surface area contributed by atoms with E-state index in [0.29, 0.717) is 11.0 Å². The van der Waals surface area contributed by atoms with E-state index in [9.17, 15) is 36.6 Å². The summed E-state index contributed by atoms with van der Waals surface area (Å²) in [6.45, 7) is -1.22. The Morgan fingerprint density at radius 3 is 2.53 bits per heavy atom. The molecule has 3 N–H and O–H groups in total. The van der Waals surface area contributed by atoms with Crippen molar-refractivity contribution in [3.05, 3.63) is 93.5 Å². The Hall–Kier alpha value is -3.70. The van der Waals surface area contributed by atoms with Gasteiger partial charge in [-0.05, 0) is 48.5 Å². The summed E-state index contributed by atoms with van der Waals surface area (Å²) < 4.78 is 68.9. The molecule has 0 unspecified atom stereocenters. The monoisotopic (exact) mass is 523 g/mol. The van der Waals surface area contributed by atoms with Gasteiger partial charge in [-0.1, -0.05) is 17.7 Å². The van der Waals surface area contributed by atoms with Crippen molar-refractivity contribution < 1.29 is 36.6 Å². The summed E-state index contributed by atoms with van der Waals surface area (Å²) in [4.78, 5) is 26.4. The van der Waals surface area contributed by atoms with Gasteiger partial charge in [0.15, 0.2) is 0 Å². The third-order valence-corrected chi connectivity index (χ3v) is 6.57. The molecule has 3 aromatic rings. The van der Waals surface area contributed by atoms with Crippen LogP contribution >= 0.6 is 11.6 Å². The van der Waals surface area contributed by atoms with Crippen LogP contribution in [0.5, 0.6) is 0 Å². The van der Waals surface area contributed by atoms with Crippen molar-refractivity contribution in [2.45, 2.75) is 17.8 Å². The fourth-order valence-corrected chi connectivity index (χ4v) is 4.74. The topological polar surface area (TPSA) is 81.7 Å². The lowest BCUT2D eigenvalue weighted by Gasteiger charge is -2.27. The van der Waals surface area contributed by atoms with Crippen LogP contribution in [0, 0.1) is 11.6 Å². The molecule has 0 bridgehead atoms. The maximum atomic E-state index is 13.9. The minimum atomic E-state index is -5.20. The zero-order valence-electron chi connectivity index (χ0n) is 18.0. The summed E-state index contributed by atoms with van der Waals surface area (Å²) in [5.74, 6) is -2.16. The van der Waals surface area contributed by atoms with Crippen LogP contribution in [0.25, 0.3) is 0 Å². The molecule has 36 heavy (non-hydrogen) atoms. The van der Waals surface area contributed by atoms with Crippen LogP contribution in [-0.4, -0.2) is 29.8 Å². The van der Waals surface area contributed by atoms with E-state index in [-0.39, 0.29) is 33.1 Å². The van der Waals surface area contributed by atoms with Crippen molar-refractivity contribution in [3.8, 4) is 0 Å². The number of β-amino-alcohol motifs (C(OH)–C–C–N with tert-alkyl or cyclic N) is 1. The number of benzene rings is 3. The number of fused-ring (bicyclic) bond motifs is 2. The van der Waals surface area contributed by atoms with Crippen molar-refractivity contribution in [2.24, 2.45) is 0 Å². The molecule has 0 fully saturated rings. The fraction of sp³-hybridized carbons (Fsp3) is 0.167. The summed E-state index contributed by atoms with van der Waals surface area (Å²) in [6.07, 6.45) is -5.20. The molecular formula is C24H15ClF5N3O3. The molecule has 5 rings (SSSR count). The second-order valence-corrected chi connectivity index (χ2v) is 8.78. The van der Waals surface area contributed by atoms with Gasteiger partial charge in [0.1, 0.15) is 11.6 Å². The van der Waals surface area contributed by atoms with Gasteiger partial charge < -0.3 is 15.7 Å². The standard InChI is InChI=1S/C24H15ClF5N3O3/c25-16-6-4-11(26)8-14(16)20-19-13(21(34)32-20)2-1-3-17(19)31-22(35)33-10-23(36,24(28,29)30)15-9-12(27)5-7-18(15)33/h1-9,20,36H,10H2,(H,31,35)(H,32,34)/t20-,23-/m0/s1. The van der Waals surface area contributed by atoms with E-state index in [1.165, 1.54) is 24.3 Å². The Balaban J connectivity index is 1.54. The molecule has 2 aliphatic heterocycles. The molecule has 0 aliphatic carbocycles. The summed E-state index contributed by atoms with van der Waals surface area (Å²) in [6, 6.07) is 8.20. The smallest absolute Gasteiger partial charge is 0.375 e. The molecule has 6 nitrogen and oxygen atoms in total. The zero-order valence-corrected chi connectivity index (χ0v) is 18.7. The predicted molar refractivity (Wildman–Crippen MR) is 120 cm³/mol. The number of nitrogens with zero attached hydrogens (tertiary/aromatic N) is 1. The van der Waals surface area contributed by atoms with E-state index in [1.807, 2.05) is 0 Å². The van der Waals surface area contributed by atoms with Gasteiger partial charge in [0.05, 0.1) is 18.3 Å². The van der Waals surface area contributed by atoms with Gasteiger partial charge in [-0.3, -0.25) is 9.69 Å². The molecule has 186 valence electrons. The molecule has 3 amide bonds. The first-order chi connectivity index (χ1) is 16.9. The predicted octanol–water partition coefficient (Wildman–Crippen LogP) is 5.25. The first-order valence-electron chi connectivity index (χ1n) is 10.5. The highest BCUT2D eigenvalue weighted by atomic mass is 35.5. The molecule has 0 saturated carbocycles. The van der Waals surface area contributed by atoms with Crippen molar-refractivity contribution in [3.63, 3.8) is 0 Å². The largest absolute Gasteiger partial charge is 0.423 e. The molecule has 0 radical (unpaired) electrons. The molecule has 2 aliphatic rings. The lowest BCUT2D eigenvalue weighted by atomic mass is 9.95. The Kier molecular flexibility index (Phi) is 5.45. The highest BCUT2D eigenvalue weighted by Gasteiger charge is 2.61. The van der Waals surface area contributed by atoms with E-state index < -0.39 is 53.5 Å². The van der Waals surface area contributed by atoms with Crippen LogP contribution in [0.3, 0.4) is 0 Å². The van der Waals surface area contributed by atoms with Crippen LogP contribution in [-0.2, 0) is 5.60 Å². The molecule has 0 saturated heterocycles. The number of aliphatic hydroxyl groups is 1. The number of nitrogens with one attached hydrogen (secondary N) is 2. The van der Waals surface area contributed by atoms with Crippen molar-refractivity contribution in [1.82, 2.24) is 5.32 Å². The average Bonchev–Trinajstić information content (AvgIpc) is 3.31. The highest BCUT2D eigenvalue weighted by Crippen LogP contribution is 2.49. The second kappa shape index (κ2) is 8.17. The van der Waals surface area contributed by atoms with Crippen LogP contribution in [0.1, 0.15) is 33.1 Å². The quantitative estimate of drug-likeness (QED) is 0.401. The third kappa shape index (κ3) is 3.66. The van der Waals surface area contributed by atoms with Gasteiger partial charge >= 0.3 is 12.2 Å². The number of urea groups is 1. The first kappa shape index (κ1) is 24.0. The van der Waals surface area contributed by atoms with Crippen molar-refractivity contribution >= 4 is 34.9 Å². The third-order valence-electron chi connectivity index (χ3n) is 6.22. The summed E-state index contributed by atoms with van der Waals surface area (Å²) in [7, 11) is 0. The van der Waals surface area contributed by atoms with E-state index >= 15 is 0 Å². The minimum absolute atomic E-state index is 0.0484. The Morgan fingerprint density at radius 1 is 1.11 bits per heavy atom. The summed E-state index contributed by atoms with van der Waals surface area (Å²) in [5.41, 5.74) is -3.99. The number of halogens is 6. The minimum Gasteiger partial charge on any atom is -0.375 e. The molecular weight excluding hydrogens is 509 g/mol. The van der Waals surface area contributed by atoms with Gasteiger partial charge in [-0.25, -0.2) is 13.6 Å². The zero-order chi connectivity index (χ0) is 26.0. The molecule has 0 aromatic heterocycles. The molecule has 2 atom stereocenters. The van der Waals surface area contributed by atoms with Crippen LogP contribution in [0.4, 0.5) is 38.1 Å². The van der Waals surface area contributed by atoms with Gasteiger partial charge in [-0.2, -0.15) is 13.2 Å². The highest BCUT2D eigenvalue weighted by molar-refractivity contribution is 6.31. The van der Waals surface area contributed by atoms with E-state index in [0.717, 1.165) is 24.3 Å².